The highest BCUT2D eigenvalue weighted by Gasteiger charge is 2.37. The van der Waals surface area contributed by atoms with Gasteiger partial charge in [-0.05, 0) is 40.6 Å². The van der Waals surface area contributed by atoms with E-state index in [1.54, 1.807) is 10.4 Å². The zero-order valence-corrected chi connectivity index (χ0v) is 12.9. The van der Waals surface area contributed by atoms with E-state index in [0.717, 1.165) is 0 Å². The van der Waals surface area contributed by atoms with E-state index in [9.17, 15) is 0 Å². The minimum absolute atomic E-state index is 1.18. The predicted octanol–water partition coefficient (Wildman–Crippen LogP) is 3.56. The number of rotatable bonds is 0. The molecule has 0 N–H and O–H groups in total. The minimum atomic E-state index is -1.46. The van der Waals surface area contributed by atoms with Crippen LogP contribution in [-0.2, 0) is 0 Å². The van der Waals surface area contributed by atoms with E-state index in [-0.39, 0.29) is 0 Å². The first-order valence-electron chi connectivity index (χ1n) is 5.92. The normalized spacial score (nSPS) is 15.5. The van der Waals surface area contributed by atoms with E-state index in [2.05, 4.69) is 72.3 Å². The molecule has 1 aliphatic heterocycles. The lowest BCUT2D eigenvalue weighted by Crippen LogP contribution is -2.49. The Kier molecular flexibility index (Phi) is 2.36. The van der Waals surface area contributed by atoms with E-state index in [4.69, 9.17) is 0 Å². The third kappa shape index (κ3) is 1.54. The average Bonchev–Trinajstić information content (AvgIpc) is 2.48. The van der Waals surface area contributed by atoms with Crippen LogP contribution in [0.3, 0.4) is 0 Å². The van der Waals surface area contributed by atoms with Crippen molar-refractivity contribution < 1.29 is 0 Å². The smallest absolute Gasteiger partial charge is 0.0616 e. The molecule has 0 saturated heterocycles. The summed E-state index contributed by atoms with van der Waals surface area (Å²) in [5, 5.41) is 3.16. The number of hydrogen-bond donors (Lipinski definition) is 0. The summed E-state index contributed by atoms with van der Waals surface area (Å²) in [6, 6.07) is 13.6. The van der Waals surface area contributed by atoms with E-state index < -0.39 is 8.07 Å². The maximum atomic E-state index is 3.58. The Morgan fingerprint density at radius 2 is 1.65 bits per heavy atom. The van der Waals surface area contributed by atoms with Crippen LogP contribution in [0.5, 0.6) is 0 Å². The lowest BCUT2D eigenvalue weighted by Gasteiger charge is -2.18. The summed E-state index contributed by atoms with van der Waals surface area (Å²) in [6.07, 6.45) is 0. The van der Waals surface area contributed by atoms with Gasteiger partial charge in [0.05, 0.1) is 0 Å². The molecule has 0 unspecified atom stereocenters. The van der Waals surface area contributed by atoms with Gasteiger partial charge in [-0.2, -0.15) is 0 Å². The quantitative estimate of drug-likeness (QED) is 0.653. The molecule has 86 valence electrons. The van der Waals surface area contributed by atoms with Gasteiger partial charge in [0.25, 0.3) is 0 Å². The molecule has 0 saturated carbocycles. The molecule has 0 bridgehead atoms. The summed E-state index contributed by atoms with van der Waals surface area (Å²) in [4.78, 5) is 0. The molecule has 0 amide bonds. The van der Waals surface area contributed by atoms with Crippen LogP contribution in [0.1, 0.15) is 5.56 Å². The first-order valence-corrected chi connectivity index (χ1v) is 9.71. The maximum absolute atomic E-state index is 3.58. The van der Waals surface area contributed by atoms with Gasteiger partial charge >= 0.3 is 0 Å². The second-order valence-electron chi connectivity index (χ2n) is 5.36. The molecule has 0 aliphatic carbocycles. The third-order valence-corrected chi connectivity index (χ3v) is 7.83. The summed E-state index contributed by atoms with van der Waals surface area (Å²) in [5.41, 5.74) is 4.26. The SMILES string of the molecule is Cc1ccc2c(c1)[Si](C)(C)c1ccc(Br)cc1-2. The fraction of sp³-hybridized carbons (Fsp3) is 0.200. The largest absolute Gasteiger partial charge is 0.113 e. The number of hydrogen-bond acceptors (Lipinski definition) is 0. The fourth-order valence-corrected chi connectivity index (χ4v) is 6.35. The van der Waals surface area contributed by atoms with Gasteiger partial charge in [0, 0.05) is 4.47 Å². The van der Waals surface area contributed by atoms with Crippen molar-refractivity contribution in [2.45, 2.75) is 20.0 Å². The Morgan fingerprint density at radius 3 is 2.41 bits per heavy atom. The number of halogens is 1. The number of aryl methyl sites for hydroxylation is 1. The van der Waals surface area contributed by atoms with Gasteiger partial charge in [-0.1, -0.05) is 58.9 Å². The summed E-state index contributed by atoms with van der Waals surface area (Å²) in [7, 11) is -1.46. The Bertz CT molecular complexity index is 614. The highest BCUT2D eigenvalue weighted by atomic mass is 79.9. The standard InChI is InChI=1S/C15H15BrSi/c1-10-4-6-12-13-9-11(16)5-7-14(13)17(2,3)15(12)8-10/h4-9H,1-3H3. The van der Waals surface area contributed by atoms with E-state index in [0.29, 0.717) is 0 Å². The second kappa shape index (κ2) is 3.56. The molecule has 1 aliphatic rings. The van der Waals surface area contributed by atoms with Crippen molar-refractivity contribution in [2.75, 3.05) is 0 Å². The maximum Gasteiger partial charge on any atom is 0.113 e. The van der Waals surface area contributed by atoms with Crippen LogP contribution in [-0.4, -0.2) is 8.07 Å². The van der Waals surface area contributed by atoms with Crippen molar-refractivity contribution in [2.24, 2.45) is 0 Å². The van der Waals surface area contributed by atoms with Gasteiger partial charge in [-0.15, -0.1) is 0 Å². The first-order chi connectivity index (χ1) is 8.00. The Labute approximate surface area is 112 Å². The zero-order valence-electron chi connectivity index (χ0n) is 10.3. The van der Waals surface area contributed by atoms with Crippen molar-refractivity contribution in [1.29, 1.82) is 0 Å². The number of benzene rings is 2. The van der Waals surface area contributed by atoms with Crippen LogP contribution in [0.4, 0.5) is 0 Å². The molecular formula is C15H15BrSi. The van der Waals surface area contributed by atoms with Crippen LogP contribution in [0.25, 0.3) is 11.1 Å². The van der Waals surface area contributed by atoms with Crippen molar-refractivity contribution in [3.63, 3.8) is 0 Å². The summed E-state index contributed by atoms with van der Waals surface area (Å²) < 4.78 is 1.18. The zero-order chi connectivity index (χ0) is 12.2. The molecule has 0 aromatic heterocycles. The highest BCUT2D eigenvalue weighted by molar-refractivity contribution is 9.10. The summed E-state index contributed by atoms with van der Waals surface area (Å²) >= 11 is 3.58. The van der Waals surface area contributed by atoms with Crippen molar-refractivity contribution in [3.05, 3.63) is 46.4 Å². The molecule has 0 atom stereocenters. The molecule has 17 heavy (non-hydrogen) atoms. The molecule has 1 heterocycles. The van der Waals surface area contributed by atoms with Crippen LogP contribution < -0.4 is 10.4 Å². The van der Waals surface area contributed by atoms with Crippen molar-refractivity contribution in [1.82, 2.24) is 0 Å². The Hall–Kier alpha value is -0.863. The van der Waals surface area contributed by atoms with Gasteiger partial charge in [0.15, 0.2) is 0 Å². The third-order valence-electron chi connectivity index (χ3n) is 3.79. The van der Waals surface area contributed by atoms with Crippen LogP contribution in [0.2, 0.25) is 13.1 Å². The molecule has 3 rings (SSSR count). The monoisotopic (exact) mass is 302 g/mol. The molecule has 2 aromatic rings. The fourth-order valence-electron chi connectivity index (χ4n) is 2.84. The molecule has 0 radical (unpaired) electrons. The lowest BCUT2D eigenvalue weighted by molar-refractivity contribution is 1.49. The van der Waals surface area contributed by atoms with Gasteiger partial charge < -0.3 is 0 Å². The van der Waals surface area contributed by atoms with Gasteiger partial charge in [0.1, 0.15) is 8.07 Å². The molecule has 0 spiro atoms. The Morgan fingerprint density at radius 1 is 0.882 bits per heavy atom. The van der Waals surface area contributed by atoms with Crippen LogP contribution in [0, 0.1) is 6.92 Å². The van der Waals surface area contributed by atoms with Crippen molar-refractivity contribution >= 4 is 34.4 Å². The molecule has 0 nitrogen and oxygen atoms in total. The summed E-state index contributed by atoms with van der Waals surface area (Å²) in [5.74, 6) is 0. The van der Waals surface area contributed by atoms with Crippen LogP contribution in [0.15, 0.2) is 40.9 Å². The van der Waals surface area contributed by atoms with Gasteiger partial charge in [-0.3, -0.25) is 0 Å². The van der Waals surface area contributed by atoms with E-state index >= 15 is 0 Å². The second-order valence-corrected chi connectivity index (χ2v) is 10.6. The lowest BCUT2D eigenvalue weighted by atomic mass is 10.0. The summed E-state index contributed by atoms with van der Waals surface area (Å²) in [6.45, 7) is 7.08. The highest BCUT2D eigenvalue weighted by Crippen LogP contribution is 2.30. The van der Waals surface area contributed by atoms with Crippen LogP contribution >= 0.6 is 15.9 Å². The topological polar surface area (TPSA) is 0 Å². The van der Waals surface area contributed by atoms with Crippen molar-refractivity contribution in [3.8, 4) is 11.1 Å². The molecule has 2 aromatic carbocycles. The van der Waals surface area contributed by atoms with Gasteiger partial charge in [0.2, 0.25) is 0 Å². The molecule has 2 heteroatoms. The molecular weight excluding hydrogens is 288 g/mol. The van der Waals surface area contributed by atoms with E-state index in [1.807, 2.05) is 0 Å². The average molecular weight is 303 g/mol. The van der Waals surface area contributed by atoms with Gasteiger partial charge in [-0.25, -0.2) is 0 Å². The number of fused-ring (bicyclic) bond motifs is 3. The predicted molar refractivity (Wildman–Crippen MR) is 81.1 cm³/mol. The minimum Gasteiger partial charge on any atom is -0.0616 e. The molecule has 0 fully saturated rings. The Balaban J connectivity index is 2.38. The van der Waals surface area contributed by atoms with E-state index in [1.165, 1.54) is 21.2 Å². The first kappa shape index (κ1) is 11.2.